The maximum Gasteiger partial charge on any atom is 0.0145 e. The fourth-order valence-electron chi connectivity index (χ4n) is 2.94. The van der Waals surface area contributed by atoms with Gasteiger partial charge in [0.05, 0.1) is 0 Å². The molecule has 0 N–H and O–H groups in total. The summed E-state index contributed by atoms with van der Waals surface area (Å²) in [5, 5.41) is 4.64. The number of nitrogens with zero attached hydrogens (tertiary/aromatic N) is 3. The zero-order valence-corrected chi connectivity index (χ0v) is 11.2. The quantitative estimate of drug-likeness (QED) is 0.598. The third-order valence-corrected chi connectivity index (χ3v) is 3.98. The molecule has 3 nitrogen and oxygen atoms in total. The molecule has 2 aliphatic heterocycles. The number of rotatable bonds is 8. The van der Waals surface area contributed by atoms with Gasteiger partial charge in [0.1, 0.15) is 0 Å². The molecule has 0 saturated carbocycles. The van der Waals surface area contributed by atoms with Crippen molar-refractivity contribution in [3.63, 3.8) is 0 Å². The zero-order valence-electron chi connectivity index (χ0n) is 11.2. The summed E-state index contributed by atoms with van der Waals surface area (Å²) < 4.78 is 0. The molecule has 0 aliphatic carbocycles. The minimum absolute atomic E-state index is 1.08. The Bertz CT molecular complexity index is 164. The van der Waals surface area contributed by atoms with Gasteiger partial charge in [-0.15, -0.1) is 0 Å². The molecule has 0 amide bonds. The van der Waals surface area contributed by atoms with Crippen LogP contribution in [0.25, 0.3) is 0 Å². The lowest BCUT2D eigenvalue weighted by molar-refractivity contribution is 0.320. The summed E-state index contributed by atoms with van der Waals surface area (Å²) in [6.45, 7) is 10.0. The average molecular weight is 238 g/mol. The van der Waals surface area contributed by atoms with E-state index < -0.39 is 0 Å². The Morgan fingerprint density at radius 1 is 0.647 bits per heavy atom. The summed E-state index contributed by atoms with van der Waals surface area (Å²) in [5.74, 6) is 0. The van der Waals surface area contributed by atoms with Crippen molar-refractivity contribution in [3.8, 4) is 0 Å². The third-order valence-electron chi connectivity index (χ3n) is 3.98. The van der Waals surface area contributed by atoms with Crippen LogP contribution in [0.4, 0.5) is 0 Å². The van der Waals surface area contributed by atoms with E-state index in [1.54, 1.807) is 0 Å². The Balaban J connectivity index is 1.33. The van der Waals surface area contributed by atoms with Crippen LogP contribution in [-0.2, 0) is 0 Å². The lowest BCUT2D eigenvalue weighted by Gasteiger charge is -2.15. The Hall–Kier alpha value is -0.120. The second kappa shape index (κ2) is 8.06. The van der Waals surface area contributed by atoms with Gasteiger partial charge in [-0.25, -0.2) is 5.32 Å². The second-order valence-corrected chi connectivity index (χ2v) is 5.48. The molecule has 17 heavy (non-hydrogen) atoms. The highest BCUT2D eigenvalue weighted by molar-refractivity contribution is 4.67. The highest BCUT2D eigenvalue weighted by Gasteiger charge is 2.11. The largest absolute Gasteiger partial charge is 0.303 e. The van der Waals surface area contributed by atoms with Gasteiger partial charge in [-0.1, -0.05) is 0 Å². The number of hydrogen-bond donors (Lipinski definition) is 0. The van der Waals surface area contributed by atoms with Crippen LogP contribution in [0.3, 0.4) is 0 Å². The van der Waals surface area contributed by atoms with E-state index in [-0.39, 0.29) is 0 Å². The molecule has 0 unspecified atom stereocenters. The smallest absolute Gasteiger partial charge is 0.0145 e. The van der Waals surface area contributed by atoms with Crippen molar-refractivity contribution in [1.82, 2.24) is 15.1 Å². The molecule has 2 heterocycles. The molecule has 0 aromatic carbocycles. The topological polar surface area (TPSA) is 20.6 Å². The van der Waals surface area contributed by atoms with Gasteiger partial charge >= 0.3 is 0 Å². The Morgan fingerprint density at radius 2 is 1.06 bits per heavy atom. The van der Waals surface area contributed by atoms with Gasteiger partial charge in [0.15, 0.2) is 0 Å². The first kappa shape index (κ1) is 13.3. The van der Waals surface area contributed by atoms with Crippen molar-refractivity contribution in [2.75, 3.05) is 52.4 Å². The fourth-order valence-corrected chi connectivity index (χ4v) is 2.94. The lowest BCUT2D eigenvalue weighted by atomic mass is 10.3. The molecule has 2 fully saturated rings. The van der Waals surface area contributed by atoms with Crippen molar-refractivity contribution < 1.29 is 0 Å². The Kier molecular flexibility index (Phi) is 6.32. The second-order valence-electron chi connectivity index (χ2n) is 5.48. The van der Waals surface area contributed by atoms with Crippen molar-refractivity contribution in [2.45, 2.75) is 38.5 Å². The SMILES string of the molecule is C1CCN(CCC[N]CCCN2CCCC2)C1. The first-order chi connectivity index (χ1) is 8.45. The summed E-state index contributed by atoms with van der Waals surface area (Å²) in [4.78, 5) is 5.17. The van der Waals surface area contributed by atoms with Crippen LogP contribution in [0, 0.1) is 0 Å². The van der Waals surface area contributed by atoms with Crippen LogP contribution < -0.4 is 5.32 Å². The van der Waals surface area contributed by atoms with E-state index in [1.165, 1.54) is 77.8 Å². The molecule has 2 saturated heterocycles. The maximum atomic E-state index is 4.64. The molecule has 0 aromatic rings. The first-order valence-electron chi connectivity index (χ1n) is 7.53. The fraction of sp³-hybridized carbons (Fsp3) is 1.00. The average Bonchev–Trinajstić information content (AvgIpc) is 3.00. The summed E-state index contributed by atoms with van der Waals surface area (Å²) >= 11 is 0. The molecule has 0 spiro atoms. The Morgan fingerprint density at radius 3 is 1.47 bits per heavy atom. The van der Waals surface area contributed by atoms with Crippen molar-refractivity contribution >= 4 is 0 Å². The van der Waals surface area contributed by atoms with E-state index in [0.29, 0.717) is 0 Å². The molecule has 3 heteroatoms. The minimum atomic E-state index is 1.08. The number of likely N-dealkylation sites (tertiary alicyclic amines) is 2. The van der Waals surface area contributed by atoms with E-state index in [0.717, 1.165) is 13.1 Å². The van der Waals surface area contributed by atoms with Crippen molar-refractivity contribution in [2.24, 2.45) is 0 Å². The minimum Gasteiger partial charge on any atom is -0.303 e. The lowest BCUT2D eigenvalue weighted by Crippen LogP contribution is -2.25. The van der Waals surface area contributed by atoms with Crippen LogP contribution in [0.1, 0.15) is 38.5 Å². The molecule has 0 bridgehead atoms. The van der Waals surface area contributed by atoms with Gasteiger partial charge in [-0.3, -0.25) is 0 Å². The molecule has 0 aromatic heterocycles. The van der Waals surface area contributed by atoms with Crippen LogP contribution >= 0.6 is 0 Å². The van der Waals surface area contributed by atoms with E-state index in [2.05, 4.69) is 15.1 Å². The highest BCUT2D eigenvalue weighted by atomic mass is 15.1. The Labute approximate surface area is 107 Å². The zero-order chi connectivity index (χ0) is 11.8. The third kappa shape index (κ3) is 5.36. The van der Waals surface area contributed by atoms with Crippen LogP contribution in [-0.4, -0.2) is 62.2 Å². The highest BCUT2D eigenvalue weighted by Crippen LogP contribution is 2.08. The molecular formula is C14H28N3. The van der Waals surface area contributed by atoms with Crippen LogP contribution in [0.15, 0.2) is 0 Å². The summed E-state index contributed by atoms with van der Waals surface area (Å²) in [6, 6.07) is 0. The molecule has 2 aliphatic rings. The maximum absolute atomic E-state index is 4.64. The van der Waals surface area contributed by atoms with E-state index in [9.17, 15) is 0 Å². The van der Waals surface area contributed by atoms with Crippen molar-refractivity contribution in [1.29, 1.82) is 0 Å². The standard InChI is InChI=1S/C14H28N3/c1-2-10-16(9-1)13-5-7-15-8-6-14-17-11-3-4-12-17/h1-14H2. The number of hydrogen-bond acceptors (Lipinski definition) is 2. The van der Waals surface area contributed by atoms with E-state index >= 15 is 0 Å². The van der Waals surface area contributed by atoms with Gasteiger partial charge in [0, 0.05) is 13.1 Å². The predicted molar refractivity (Wildman–Crippen MR) is 72.5 cm³/mol. The summed E-state index contributed by atoms with van der Waals surface area (Å²) in [6.07, 6.45) is 8.17. The molecule has 0 atom stereocenters. The van der Waals surface area contributed by atoms with Gasteiger partial charge in [0.25, 0.3) is 0 Å². The van der Waals surface area contributed by atoms with Gasteiger partial charge in [-0.05, 0) is 77.8 Å². The predicted octanol–water partition coefficient (Wildman–Crippen LogP) is 1.56. The van der Waals surface area contributed by atoms with Gasteiger partial charge in [-0.2, -0.15) is 0 Å². The van der Waals surface area contributed by atoms with E-state index in [1.807, 2.05) is 0 Å². The normalized spacial score (nSPS) is 22.6. The summed E-state index contributed by atoms with van der Waals surface area (Å²) in [7, 11) is 0. The van der Waals surface area contributed by atoms with Gasteiger partial charge < -0.3 is 9.80 Å². The van der Waals surface area contributed by atoms with E-state index in [4.69, 9.17) is 0 Å². The van der Waals surface area contributed by atoms with Crippen LogP contribution in [0.2, 0.25) is 0 Å². The summed E-state index contributed by atoms with van der Waals surface area (Å²) in [5.41, 5.74) is 0. The molecule has 2 rings (SSSR count). The molecule has 1 radical (unpaired) electrons. The molecule has 99 valence electrons. The van der Waals surface area contributed by atoms with Crippen LogP contribution in [0.5, 0.6) is 0 Å². The van der Waals surface area contributed by atoms with Crippen molar-refractivity contribution in [3.05, 3.63) is 0 Å². The monoisotopic (exact) mass is 238 g/mol. The van der Waals surface area contributed by atoms with Gasteiger partial charge in [0.2, 0.25) is 0 Å². The molecular weight excluding hydrogens is 210 g/mol. The first-order valence-corrected chi connectivity index (χ1v) is 7.53.